The fourth-order valence-corrected chi connectivity index (χ4v) is 4.18. The fraction of sp³-hybridized carbons (Fsp3) is 0.179. The number of ether oxygens (including phenoxy) is 2. The second-order valence-electron chi connectivity index (χ2n) is 8.14. The molecule has 3 aromatic carbocycles. The Bertz CT molecular complexity index is 1310. The number of hydrogen-bond donors (Lipinski definition) is 2. The molecule has 0 spiro atoms. The number of carbonyl (C=O) groups excluding carboxylic acids is 2. The number of aliphatic carboxylic acids is 1. The number of methoxy groups -OCH3 is 1. The van der Waals surface area contributed by atoms with Crippen molar-refractivity contribution in [2.75, 3.05) is 18.6 Å². The van der Waals surface area contributed by atoms with Gasteiger partial charge in [0.1, 0.15) is 17.3 Å². The van der Waals surface area contributed by atoms with Crippen LogP contribution in [0.15, 0.2) is 78.4 Å². The number of carboxylic acids is 1. The van der Waals surface area contributed by atoms with E-state index >= 15 is 0 Å². The fourth-order valence-electron chi connectivity index (χ4n) is 4.18. The van der Waals surface area contributed by atoms with Gasteiger partial charge in [-0.05, 0) is 66.6 Å². The van der Waals surface area contributed by atoms with Gasteiger partial charge in [0.25, 0.3) is 11.7 Å². The number of rotatable bonds is 8. The minimum absolute atomic E-state index is 0.0519. The van der Waals surface area contributed by atoms with Gasteiger partial charge in [0.05, 0.1) is 31.8 Å². The number of hydrogen-bond acceptors (Lipinski definition) is 6. The van der Waals surface area contributed by atoms with Gasteiger partial charge in [0.2, 0.25) is 0 Å². The van der Waals surface area contributed by atoms with Gasteiger partial charge in [0.15, 0.2) is 0 Å². The van der Waals surface area contributed by atoms with E-state index in [0.717, 1.165) is 0 Å². The molecule has 3 aromatic rings. The minimum Gasteiger partial charge on any atom is -0.507 e. The zero-order valence-corrected chi connectivity index (χ0v) is 19.8. The molecule has 1 amide bonds. The predicted molar refractivity (Wildman–Crippen MR) is 133 cm³/mol. The van der Waals surface area contributed by atoms with Crippen molar-refractivity contribution < 1.29 is 34.1 Å². The molecule has 4 rings (SSSR count). The lowest BCUT2D eigenvalue weighted by atomic mass is 9.95. The molecular formula is C28H25NO7. The van der Waals surface area contributed by atoms with E-state index in [-0.39, 0.29) is 17.8 Å². The first-order valence-electron chi connectivity index (χ1n) is 11.3. The van der Waals surface area contributed by atoms with E-state index in [1.165, 1.54) is 12.0 Å². The molecule has 0 radical (unpaired) electrons. The van der Waals surface area contributed by atoms with E-state index in [4.69, 9.17) is 14.6 Å². The lowest BCUT2D eigenvalue weighted by molar-refractivity contribution is -0.136. The molecule has 8 nitrogen and oxygen atoms in total. The lowest BCUT2D eigenvalue weighted by Gasteiger charge is -2.25. The Morgan fingerprint density at radius 1 is 0.889 bits per heavy atom. The molecule has 1 heterocycles. The molecule has 1 atom stereocenters. The van der Waals surface area contributed by atoms with E-state index in [1.807, 2.05) is 6.92 Å². The molecule has 1 saturated heterocycles. The number of carbonyl (C=O) groups is 3. The average Bonchev–Trinajstić information content (AvgIpc) is 3.14. The molecule has 1 aliphatic heterocycles. The third-order valence-electron chi connectivity index (χ3n) is 5.88. The second-order valence-corrected chi connectivity index (χ2v) is 8.14. The van der Waals surface area contributed by atoms with Gasteiger partial charge in [-0.15, -0.1) is 0 Å². The van der Waals surface area contributed by atoms with Crippen LogP contribution in [-0.2, 0) is 20.8 Å². The number of aliphatic hydroxyl groups is 1. The second kappa shape index (κ2) is 10.4. The third-order valence-corrected chi connectivity index (χ3v) is 5.88. The van der Waals surface area contributed by atoms with Gasteiger partial charge in [-0.1, -0.05) is 24.3 Å². The highest BCUT2D eigenvalue weighted by molar-refractivity contribution is 6.51. The molecule has 2 N–H and O–H groups in total. The Hall–Kier alpha value is -4.59. The van der Waals surface area contributed by atoms with Crippen molar-refractivity contribution in [1.82, 2.24) is 0 Å². The summed E-state index contributed by atoms with van der Waals surface area (Å²) in [6, 6.07) is 19.0. The highest BCUT2D eigenvalue weighted by Crippen LogP contribution is 2.42. The van der Waals surface area contributed by atoms with Crippen LogP contribution in [-0.4, -0.2) is 41.6 Å². The molecule has 36 heavy (non-hydrogen) atoms. The first-order valence-corrected chi connectivity index (χ1v) is 11.3. The van der Waals surface area contributed by atoms with Gasteiger partial charge in [-0.3, -0.25) is 19.3 Å². The summed E-state index contributed by atoms with van der Waals surface area (Å²) in [4.78, 5) is 38.9. The van der Waals surface area contributed by atoms with Crippen LogP contribution in [0.25, 0.3) is 5.76 Å². The van der Waals surface area contributed by atoms with E-state index < -0.39 is 23.7 Å². The molecule has 1 aliphatic rings. The van der Waals surface area contributed by atoms with Crippen molar-refractivity contribution in [2.24, 2.45) is 0 Å². The van der Waals surface area contributed by atoms with Gasteiger partial charge < -0.3 is 19.7 Å². The summed E-state index contributed by atoms with van der Waals surface area (Å²) in [7, 11) is 1.53. The van der Waals surface area contributed by atoms with Crippen LogP contribution >= 0.6 is 0 Å². The Labute approximate surface area is 208 Å². The van der Waals surface area contributed by atoms with Crippen molar-refractivity contribution in [3.05, 3.63) is 95.1 Å². The van der Waals surface area contributed by atoms with Crippen molar-refractivity contribution in [1.29, 1.82) is 0 Å². The number of aliphatic hydroxyl groups excluding tert-OH is 1. The Balaban J connectivity index is 1.83. The smallest absolute Gasteiger partial charge is 0.307 e. The number of nitrogens with zero attached hydrogens (tertiary/aromatic N) is 1. The largest absolute Gasteiger partial charge is 0.507 e. The van der Waals surface area contributed by atoms with E-state index in [1.54, 1.807) is 72.8 Å². The Morgan fingerprint density at radius 2 is 1.50 bits per heavy atom. The van der Waals surface area contributed by atoms with Gasteiger partial charge in [-0.2, -0.15) is 0 Å². The van der Waals surface area contributed by atoms with Crippen LogP contribution < -0.4 is 14.4 Å². The summed E-state index contributed by atoms with van der Waals surface area (Å²) in [5, 5.41) is 20.3. The number of benzene rings is 3. The standard InChI is InChI=1S/C28H25NO7/c1-3-36-22-14-8-19(9-15-22)26(32)24-25(18-6-12-21(35-2)13-7-18)29(28(34)27(24)33)20-10-4-17(5-11-20)16-23(30)31/h4-15,25,32H,3,16H2,1-2H3,(H,30,31)/b26-24+. The monoisotopic (exact) mass is 487 g/mol. The zero-order chi connectivity index (χ0) is 25.8. The third kappa shape index (κ3) is 4.79. The molecule has 0 bridgehead atoms. The molecule has 0 aliphatic carbocycles. The maximum atomic E-state index is 13.3. The minimum atomic E-state index is -0.975. The highest BCUT2D eigenvalue weighted by atomic mass is 16.5. The van der Waals surface area contributed by atoms with E-state index in [0.29, 0.717) is 40.5 Å². The summed E-state index contributed by atoms with van der Waals surface area (Å²) in [6.07, 6.45) is -0.168. The number of carboxylic acid groups (broad SMARTS) is 1. The van der Waals surface area contributed by atoms with Crippen LogP contribution in [0, 0.1) is 0 Å². The topological polar surface area (TPSA) is 113 Å². The zero-order valence-electron chi connectivity index (χ0n) is 19.8. The van der Waals surface area contributed by atoms with Gasteiger partial charge in [0, 0.05) is 11.3 Å². The Morgan fingerprint density at radius 3 is 2.06 bits per heavy atom. The molecule has 8 heteroatoms. The highest BCUT2D eigenvalue weighted by Gasteiger charge is 2.47. The molecule has 184 valence electrons. The van der Waals surface area contributed by atoms with Crippen LogP contribution in [0.1, 0.15) is 29.7 Å². The van der Waals surface area contributed by atoms with Crippen LogP contribution in [0.3, 0.4) is 0 Å². The number of Topliss-reactive ketones (excluding diaryl/α,β-unsaturated/α-hetero) is 1. The van der Waals surface area contributed by atoms with Crippen molar-refractivity contribution in [3.63, 3.8) is 0 Å². The van der Waals surface area contributed by atoms with Crippen molar-refractivity contribution >= 4 is 29.1 Å². The SMILES string of the molecule is CCOc1ccc(/C(O)=C2\C(=O)C(=O)N(c3ccc(CC(=O)O)cc3)C2c2ccc(OC)cc2)cc1. The Kier molecular flexibility index (Phi) is 7.05. The normalized spacial score (nSPS) is 16.7. The predicted octanol–water partition coefficient (Wildman–Crippen LogP) is 4.35. The molecular weight excluding hydrogens is 462 g/mol. The summed E-state index contributed by atoms with van der Waals surface area (Å²) in [6.45, 7) is 2.34. The van der Waals surface area contributed by atoms with Gasteiger partial charge >= 0.3 is 5.97 Å². The van der Waals surface area contributed by atoms with Crippen LogP contribution in [0.2, 0.25) is 0 Å². The van der Waals surface area contributed by atoms with Crippen molar-refractivity contribution in [2.45, 2.75) is 19.4 Å². The summed E-state index contributed by atoms with van der Waals surface area (Å²) in [5.74, 6) is -1.69. The number of ketones is 1. The lowest BCUT2D eigenvalue weighted by Crippen LogP contribution is -2.29. The van der Waals surface area contributed by atoms with E-state index in [9.17, 15) is 19.5 Å². The number of amides is 1. The summed E-state index contributed by atoms with van der Waals surface area (Å²) >= 11 is 0. The van der Waals surface area contributed by atoms with Crippen molar-refractivity contribution in [3.8, 4) is 11.5 Å². The summed E-state index contributed by atoms with van der Waals surface area (Å²) in [5.41, 5.74) is 1.86. The quantitative estimate of drug-likeness (QED) is 0.276. The number of anilines is 1. The molecule has 1 fully saturated rings. The summed E-state index contributed by atoms with van der Waals surface area (Å²) < 4.78 is 10.7. The van der Waals surface area contributed by atoms with Crippen LogP contribution in [0.4, 0.5) is 5.69 Å². The molecule has 0 saturated carbocycles. The maximum absolute atomic E-state index is 13.3. The molecule has 0 aromatic heterocycles. The average molecular weight is 488 g/mol. The van der Waals surface area contributed by atoms with Gasteiger partial charge in [-0.25, -0.2) is 0 Å². The molecule has 1 unspecified atom stereocenters. The van der Waals surface area contributed by atoms with E-state index in [2.05, 4.69) is 0 Å². The first-order chi connectivity index (χ1) is 17.3. The first kappa shape index (κ1) is 24.5. The van der Waals surface area contributed by atoms with Crippen LogP contribution in [0.5, 0.6) is 11.5 Å². The maximum Gasteiger partial charge on any atom is 0.307 e.